The molecule has 0 aliphatic heterocycles. The van der Waals surface area contributed by atoms with E-state index in [1.54, 1.807) is 12.4 Å². The second kappa shape index (κ2) is 5.89. The molecule has 2 aromatic heterocycles. The van der Waals surface area contributed by atoms with Gasteiger partial charge in [-0.2, -0.15) is 0 Å². The third kappa shape index (κ3) is 3.01. The fraction of sp³-hybridized carbons (Fsp3) is 0.176. The Morgan fingerprint density at radius 3 is 2.57 bits per heavy atom. The third-order valence-electron chi connectivity index (χ3n) is 3.44. The van der Waals surface area contributed by atoms with Gasteiger partial charge in [0, 0.05) is 11.4 Å². The molecule has 1 aromatic carbocycles. The van der Waals surface area contributed by atoms with E-state index in [1.165, 1.54) is 0 Å². The molecular weight excluding hydrogens is 262 g/mol. The molecule has 0 aliphatic rings. The van der Waals surface area contributed by atoms with Crippen LogP contribution in [0.1, 0.15) is 18.7 Å². The Morgan fingerprint density at radius 2 is 1.81 bits per heavy atom. The van der Waals surface area contributed by atoms with Crippen LogP contribution in [-0.4, -0.2) is 17.0 Å². The van der Waals surface area contributed by atoms with E-state index in [2.05, 4.69) is 22.2 Å². The van der Waals surface area contributed by atoms with Crippen LogP contribution in [0, 0.1) is 0 Å². The van der Waals surface area contributed by atoms with Crippen molar-refractivity contribution in [3.63, 3.8) is 0 Å². The molecule has 0 bridgehead atoms. The Bertz CT molecular complexity index is 740. The third-order valence-corrected chi connectivity index (χ3v) is 3.44. The summed E-state index contributed by atoms with van der Waals surface area (Å²) in [5, 5.41) is 4.22. The van der Waals surface area contributed by atoms with Crippen molar-refractivity contribution in [2.24, 2.45) is 0 Å². The zero-order chi connectivity index (χ0) is 14.7. The van der Waals surface area contributed by atoms with Gasteiger partial charge in [-0.25, -0.2) is 0 Å². The Kier molecular flexibility index (Phi) is 3.79. The zero-order valence-corrected chi connectivity index (χ0v) is 12.1. The number of fused-ring (bicyclic) bond motifs is 1. The van der Waals surface area contributed by atoms with Crippen molar-refractivity contribution in [3.05, 3.63) is 60.6 Å². The summed E-state index contributed by atoms with van der Waals surface area (Å²) in [6, 6.07) is 14.1. The summed E-state index contributed by atoms with van der Waals surface area (Å²) in [5.41, 5.74) is 1.95. The molecule has 4 heteroatoms. The van der Waals surface area contributed by atoms with Crippen molar-refractivity contribution >= 4 is 10.9 Å². The maximum absolute atomic E-state index is 5.81. The van der Waals surface area contributed by atoms with E-state index in [0.29, 0.717) is 11.5 Å². The van der Waals surface area contributed by atoms with Crippen LogP contribution in [-0.2, 0) is 0 Å². The van der Waals surface area contributed by atoms with Crippen LogP contribution in [0.25, 0.3) is 10.9 Å². The standard InChI is InChI=1S/C17H17N3O/c1-12(18-2)16-8-7-14(10-19-16)21-15-9-13-5-3-4-6-17(13)20-11-15/h3-12,18H,1-2H3. The number of nitrogens with zero attached hydrogens (tertiary/aromatic N) is 2. The van der Waals surface area contributed by atoms with Gasteiger partial charge in [-0.1, -0.05) is 18.2 Å². The molecule has 4 nitrogen and oxygen atoms in total. The number of aromatic nitrogens is 2. The van der Waals surface area contributed by atoms with Gasteiger partial charge in [-0.05, 0) is 38.2 Å². The summed E-state index contributed by atoms with van der Waals surface area (Å²) in [5.74, 6) is 1.42. The predicted molar refractivity (Wildman–Crippen MR) is 83.5 cm³/mol. The molecule has 0 saturated heterocycles. The number of nitrogens with one attached hydrogen (secondary N) is 1. The maximum Gasteiger partial charge on any atom is 0.146 e. The second-order valence-corrected chi connectivity index (χ2v) is 4.89. The lowest BCUT2D eigenvalue weighted by atomic mass is 10.2. The molecular formula is C17H17N3O. The molecule has 1 N–H and O–H groups in total. The van der Waals surface area contributed by atoms with Crippen LogP contribution in [0.2, 0.25) is 0 Å². The number of para-hydroxylation sites is 1. The van der Waals surface area contributed by atoms with Crippen molar-refractivity contribution in [1.82, 2.24) is 15.3 Å². The molecule has 0 radical (unpaired) electrons. The van der Waals surface area contributed by atoms with Gasteiger partial charge < -0.3 is 10.1 Å². The summed E-state index contributed by atoms with van der Waals surface area (Å²) in [7, 11) is 1.91. The van der Waals surface area contributed by atoms with Crippen molar-refractivity contribution < 1.29 is 4.74 Å². The highest BCUT2D eigenvalue weighted by Crippen LogP contribution is 2.24. The van der Waals surface area contributed by atoms with Gasteiger partial charge >= 0.3 is 0 Å². The minimum Gasteiger partial charge on any atom is -0.454 e. The first-order chi connectivity index (χ1) is 10.3. The van der Waals surface area contributed by atoms with E-state index in [-0.39, 0.29) is 6.04 Å². The lowest BCUT2D eigenvalue weighted by Gasteiger charge is -2.10. The highest BCUT2D eigenvalue weighted by atomic mass is 16.5. The van der Waals surface area contributed by atoms with E-state index in [0.717, 1.165) is 16.6 Å². The summed E-state index contributed by atoms with van der Waals surface area (Å²) in [4.78, 5) is 8.78. The van der Waals surface area contributed by atoms with Gasteiger partial charge in [0.05, 0.1) is 23.6 Å². The number of ether oxygens (including phenoxy) is 1. The van der Waals surface area contributed by atoms with E-state index >= 15 is 0 Å². The van der Waals surface area contributed by atoms with Crippen molar-refractivity contribution in [2.45, 2.75) is 13.0 Å². The Morgan fingerprint density at radius 1 is 1.00 bits per heavy atom. The van der Waals surface area contributed by atoms with Crippen LogP contribution in [0.3, 0.4) is 0 Å². The Hall–Kier alpha value is -2.46. The normalized spacial score (nSPS) is 12.3. The minimum atomic E-state index is 0.224. The quantitative estimate of drug-likeness (QED) is 0.791. The molecule has 2 heterocycles. The molecule has 0 amide bonds. The largest absolute Gasteiger partial charge is 0.454 e. The molecule has 106 valence electrons. The van der Waals surface area contributed by atoms with Crippen molar-refractivity contribution in [3.8, 4) is 11.5 Å². The average molecular weight is 279 g/mol. The summed E-state index contributed by atoms with van der Waals surface area (Å²) in [6.45, 7) is 2.07. The van der Waals surface area contributed by atoms with Gasteiger partial charge in [-0.3, -0.25) is 9.97 Å². The van der Waals surface area contributed by atoms with Gasteiger partial charge in [-0.15, -0.1) is 0 Å². The van der Waals surface area contributed by atoms with Gasteiger partial charge in [0.15, 0.2) is 0 Å². The van der Waals surface area contributed by atoms with Crippen LogP contribution in [0.5, 0.6) is 11.5 Å². The number of hydrogen-bond donors (Lipinski definition) is 1. The van der Waals surface area contributed by atoms with Crippen LogP contribution < -0.4 is 10.1 Å². The molecule has 1 unspecified atom stereocenters. The van der Waals surface area contributed by atoms with E-state index in [4.69, 9.17) is 4.74 Å². The fourth-order valence-corrected chi connectivity index (χ4v) is 2.10. The molecule has 3 rings (SSSR count). The molecule has 0 spiro atoms. The number of hydrogen-bond acceptors (Lipinski definition) is 4. The van der Waals surface area contributed by atoms with Crippen LogP contribution >= 0.6 is 0 Å². The molecule has 21 heavy (non-hydrogen) atoms. The number of rotatable bonds is 4. The molecule has 0 saturated carbocycles. The Balaban J connectivity index is 1.81. The van der Waals surface area contributed by atoms with E-state index in [1.807, 2.05) is 49.5 Å². The maximum atomic E-state index is 5.81. The highest BCUT2D eigenvalue weighted by Gasteiger charge is 2.05. The monoisotopic (exact) mass is 279 g/mol. The predicted octanol–water partition coefficient (Wildman–Crippen LogP) is 3.70. The smallest absolute Gasteiger partial charge is 0.146 e. The molecule has 0 aliphatic carbocycles. The summed E-state index contributed by atoms with van der Waals surface area (Å²) < 4.78 is 5.81. The second-order valence-electron chi connectivity index (χ2n) is 4.89. The van der Waals surface area contributed by atoms with Gasteiger partial charge in [0.25, 0.3) is 0 Å². The SMILES string of the molecule is CNC(C)c1ccc(Oc2cnc3ccccc3c2)cn1. The van der Waals surface area contributed by atoms with E-state index in [9.17, 15) is 0 Å². The molecule has 0 fully saturated rings. The lowest BCUT2D eigenvalue weighted by molar-refractivity contribution is 0.477. The summed E-state index contributed by atoms with van der Waals surface area (Å²) >= 11 is 0. The number of benzene rings is 1. The fourth-order valence-electron chi connectivity index (χ4n) is 2.10. The Labute approximate surface area is 123 Å². The van der Waals surface area contributed by atoms with Crippen molar-refractivity contribution in [1.29, 1.82) is 0 Å². The molecule has 3 aromatic rings. The zero-order valence-electron chi connectivity index (χ0n) is 12.1. The lowest BCUT2D eigenvalue weighted by Crippen LogP contribution is -2.13. The summed E-state index contributed by atoms with van der Waals surface area (Å²) in [6.07, 6.45) is 3.46. The van der Waals surface area contributed by atoms with Gasteiger partial charge in [0.2, 0.25) is 0 Å². The minimum absolute atomic E-state index is 0.224. The van der Waals surface area contributed by atoms with Crippen LogP contribution in [0.4, 0.5) is 0 Å². The topological polar surface area (TPSA) is 47.0 Å². The van der Waals surface area contributed by atoms with E-state index < -0.39 is 0 Å². The van der Waals surface area contributed by atoms with Gasteiger partial charge in [0.1, 0.15) is 11.5 Å². The molecule has 1 atom stereocenters. The average Bonchev–Trinajstić information content (AvgIpc) is 2.55. The first-order valence-electron chi connectivity index (χ1n) is 6.92. The number of pyridine rings is 2. The highest BCUT2D eigenvalue weighted by molar-refractivity contribution is 5.79. The first-order valence-corrected chi connectivity index (χ1v) is 6.92. The van der Waals surface area contributed by atoms with Crippen LogP contribution in [0.15, 0.2) is 54.9 Å². The first kappa shape index (κ1) is 13.5. The van der Waals surface area contributed by atoms with Crippen molar-refractivity contribution in [2.75, 3.05) is 7.05 Å².